The molecule has 0 aliphatic rings. The number of aromatic nitrogens is 1. The van der Waals surface area contributed by atoms with E-state index in [2.05, 4.69) is 15.0 Å². The highest BCUT2D eigenvalue weighted by molar-refractivity contribution is 7.92. The Hall–Kier alpha value is -3.84. The number of carbonyl (C=O) groups excluding carboxylic acids is 1. The minimum Gasteiger partial charge on any atom is -0.457 e. The minimum atomic E-state index is -4.52. The van der Waals surface area contributed by atoms with Crippen LogP contribution in [0.5, 0.6) is 17.4 Å². The van der Waals surface area contributed by atoms with Gasteiger partial charge in [-0.3, -0.25) is 4.72 Å². The van der Waals surface area contributed by atoms with Gasteiger partial charge >= 0.3 is 12.3 Å². The van der Waals surface area contributed by atoms with Crippen molar-refractivity contribution in [3.63, 3.8) is 0 Å². The van der Waals surface area contributed by atoms with Gasteiger partial charge in [0.1, 0.15) is 11.5 Å². The zero-order chi connectivity index (χ0) is 24.8. The van der Waals surface area contributed by atoms with E-state index in [1.165, 1.54) is 48.5 Å². The standard InChI is InChI=1S/C21H18F3N3O6S/c22-21(23,24)14-2-1-3-17(12-14)32-16-5-7-18(8-6-16)34(30,31)27-15-4-9-19(26-13-15)33-20(29)25-10-11-28/h1-9,12-13,27-28H,10-11H2,(H,25,29). The number of rotatable bonds is 8. The van der Waals surface area contributed by atoms with Gasteiger partial charge in [0.2, 0.25) is 5.88 Å². The normalized spacial score (nSPS) is 11.5. The van der Waals surface area contributed by atoms with Gasteiger partial charge in [-0.1, -0.05) is 6.07 Å². The topological polar surface area (TPSA) is 127 Å². The first-order valence-electron chi connectivity index (χ1n) is 9.57. The van der Waals surface area contributed by atoms with Gasteiger partial charge in [-0.2, -0.15) is 13.2 Å². The van der Waals surface area contributed by atoms with Gasteiger partial charge in [0.25, 0.3) is 10.0 Å². The van der Waals surface area contributed by atoms with Crippen molar-refractivity contribution in [2.24, 2.45) is 0 Å². The van der Waals surface area contributed by atoms with Crippen molar-refractivity contribution < 1.29 is 41.0 Å². The van der Waals surface area contributed by atoms with Crippen molar-refractivity contribution in [1.29, 1.82) is 0 Å². The molecule has 0 saturated carbocycles. The number of halogens is 3. The summed E-state index contributed by atoms with van der Waals surface area (Å²) in [6.07, 6.45) is -4.21. The van der Waals surface area contributed by atoms with Crippen LogP contribution in [0.25, 0.3) is 0 Å². The summed E-state index contributed by atoms with van der Waals surface area (Å²) in [5.74, 6) is -0.00242. The zero-order valence-corrected chi connectivity index (χ0v) is 18.1. The van der Waals surface area contributed by atoms with E-state index in [-0.39, 0.29) is 41.1 Å². The number of nitrogens with zero attached hydrogens (tertiary/aromatic N) is 1. The maximum atomic E-state index is 12.8. The molecule has 0 saturated heterocycles. The van der Waals surface area contributed by atoms with Crippen LogP contribution in [0.2, 0.25) is 0 Å². The molecule has 9 nitrogen and oxygen atoms in total. The lowest BCUT2D eigenvalue weighted by molar-refractivity contribution is -0.137. The highest BCUT2D eigenvalue weighted by Crippen LogP contribution is 2.33. The van der Waals surface area contributed by atoms with Crippen molar-refractivity contribution in [2.75, 3.05) is 17.9 Å². The number of hydrogen-bond donors (Lipinski definition) is 3. The second kappa shape index (κ2) is 10.4. The van der Waals surface area contributed by atoms with E-state index in [0.717, 1.165) is 18.3 Å². The number of ether oxygens (including phenoxy) is 2. The van der Waals surface area contributed by atoms with Gasteiger partial charge in [-0.25, -0.2) is 18.2 Å². The summed E-state index contributed by atoms with van der Waals surface area (Å²) in [5, 5.41) is 10.9. The molecule has 0 unspecified atom stereocenters. The average Bonchev–Trinajstić information content (AvgIpc) is 2.79. The van der Waals surface area contributed by atoms with Crippen molar-refractivity contribution in [3.8, 4) is 17.4 Å². The third-order valence-electron chi connectivity index (χ3n) is 4.10. The Balaban J connectivity index is 1.64. The van der Waals surface area contributed by atoms with Crippen molar-refractivity contribution in [1.82, 2.24) is 10.3 Å². The van der Waals surface area contributed by atoms with Crippen LogP contribution < -0.4 is 19.5 Å². The monoisotopic (exact) mass is 497 g/mol. The van der Waals surface area contributed by atoms with E-state index >= 15 is 0 Å². The van der Waals surface area contributed by atoms with Crippen molar-refractivity contribution >= 4 is 21.8 Å². The quantitative estimate of drug-likeness (QED) is 0.432. The molecule has 2 aromatic carbocycles. The molecule has 0 radical (unpaired) electrons. The summed E-state index contributed by atoms with van der Waals surface area (Å²) >= 11 is 0. The highest BCUT2D eigenvalue weighted by atomic mass is 32.2. The number of alkyl halides is 3. The Labute approximate surface area is 192 Å². The number of hydrogen-bond acceptors (Lipinski definition) is 7. The summed E-state index contributed by atoms with van der Waals surface area (Å²) in [5.41, 5.74) is -0.781. The molecule has 13 heteroatoms. The van der Waals surface area contributed by atoms with Gasteiger partial charge in [-0.05, 0) is 48.5 Å². The predicted molar refractivity (Wildman–Crippen MR) is 114 cm³/mol. The molecular formula is C21H18F3N3O6S. The average molecular weight is 497 g/mol. The summed E-state index contributed by atoms with van der Waals surface area (Å²) in [6, 6.07) is 11.9. The molecule has 0 bridgehead atoms. The van der Waals surface area contributed by atoms with Crippen LogP contribution in [0.3, 0.4) is 0 Å². The molecule has 3 rings (SSSR count). The van der Waals surface area contributed by atoms with Gasteiger partial charge in [0.05, 0.1) is 29.0 Å². The van der Waals surface area contributed by atoms with Gasteiger partial charge in [0, 0.05) is 12.6 Å². The van der Waals surface area contributed by atoms with Crippen LogP contribution in [0, 0.1) is 0 Å². The zero-order valence-electron chi connectivity index (χ0n) is 17.2. The predicted octanol–water partition coefficient (Wildman–Crippen LogP) is 3.77. The SMILES string of the molecule is O=C(NCCO)Oc1ccc(NS(=O)(=O)c2ccc(Oc3cccc(C(F)(F)F)c3)cc2)cn1. The van der Waals surface area contributed by atoms with Gasteiger partial charge < -0.3 is 19.9 Å². The van der Waals surface area contributed by atoms with Crippen molar-refractivity contribution in [3.05, 3.63) is 72.4 Å². The van der Waals surface area contributed by atoms with Crippen LogP contribution in [-0.2, 0) is 16.2 Å². The summed E-state index contributed by atoms with van der Waals surface area (Å²) in [4.78, 5) is 15.1. The van der Waals surface area contributed by atoms with E-state index in [1.807, 2.05) is 0 Å². The van der Waals surface area contributed by atoms with Crippen LogP contribution in [0.4, 0.5) is 23.7 Å². The van der Waals surface area contributed by atoms with E-state index < -0.39 is 27.9 Å². The summed E-state index contributed by atoms with van der Waals surface area (Å²) in [6.45, 7) is -0.262. The Morgan fingerprint density at radius 2 is 1.76 bits per heavy atom. The second-order valence-electron chi connectivity index (χ2n) is 6.63. The maximum Gasteiger partial charge on any atom is 0.416 e. The molecule has 180 valence electrons. The molecule has 0 spiro atoms. The fraction of sp³-hybridized carbons (Fsp3) is 0.143. The molecule has 1 heterocycles. The van der Waals surface area contributed by atoms with Crippen molar-refractivity contribution in [2.45, 2.75) is 11.1 Å². The molecule has 0 atom stereocenters. The third kappa shape index (κ3) is 6.83. The second-order valence-corrected chi connectivity index (χ2v) is 8.31. The van der Waals surface area contributed by atoms with Crippen LogP contribution in [-0.4, -0.2) is 37.8 Å². The van der Waals surface area contributed by atoms with E-state index in [9.17, 15) is 26.4 Å². The molecule has 1 amide bonds. The molecule has 3 aromatic rings. The summed E-state index contributed by atoms with van der Waals surface area (Å²) in [7, 11) is -4.02. The Kier molecular flexibility index (Phi) is 7.58. The van der Waals surface area contributed by atoms with Gasteiger partial charge in [-0.15, -0.1) is 0 Å². The first-order chi connectivity index (χ1) is 16.1. The molecule has 34 heavy (non-hydrogen) atoms. The number of pyridine rings is 1. The van der Waals surface area contributed by atoms with E-state index in [4.69, 9.17) is 14.6 Å². The largest absolute Gasteiger partial charge is 0.457 e. The number of anilines is 1. The van der Waals surface area contributed by atoms with E-state index in [0.29, 0.717) is 0 Å². The molecule has 0 fully saturated rings. The number of carbonyl (C=O) groups is 1. The van der Waals surface area contributed by atoms with Gasteiger partial charge in [0.15, 0.2) is 0 Å². The first-order valence-corrected chi connectivity index (χ1v) is 11.1. The lowest BCUT2D eigenvalue weighted by atomic mass is 10.2. The Morgan fingerprint density at radius 1 is 1.03 bits per heavy atom. The number of nitrogens with one attached hydrogen (secondary N) is 2. The third-order valence-corrected chi connectivity index (χ3v) is 5.50. The van der Waals surface area contributed by atoms with Crippen LogP contribution >= 0.6 is 0 Å². The number of sulfonamides is 1. The lowest BCUT2D eigenvalue weighted by Crippen LogP contribution is -2.29. The minimum absolute atomic E-state index is 0.000486. The number of amides is 1. The number of benzene rings is 2. The molecule has 0 aliphatic heterocycles. The molecule has 1 aromatic heterocycles. The Morgan fingerprint density at radius 3 is 2.38 bits per heavy atom. The maximum absolute atomic E-state index is 12.8. The number of aliphatic hydroxyl groups is 1. The lowest BCUT2D eigenvalue weighted by Gasteiger charge is -2.11. The highest BCUT2D eigenvalue weighted by Gasteiger charge is 2.30. The smallest absolute Gasteiger partial charge is 0.416 e. The number of aliphatic hydroxyl groups excluding tert-OH is 1. The molecule has 3 N–H and O–H groups in total. The van der Waals surface area contributed by atoms with Crippen LogP contribution in [0.15, 0.2) is 71.8 Å². The fourth-order valence-electron chi connectivity index (χ4n) is 2.56. The Bertz CT molecular complexity index is 1230. The van der Waals surface area contributed by atoms with Crippen LogP contribution in [0.1, 0.15) is 5.56 Å². The molecular weight excluding hydrogens is 479 g/mol. The summed E-state index contributed by atoms with van der Waals surface area (Å²) < 4.78 is 76.2. The first kappa shape index (κ1) is 24.8. The van der Waals surface area contributed by atoms with E-state index in [1.54, 1.807) is 0 Å². The fourth-order valence-corrected chi connectivity index (χ4v) is 3.61. The molecule has 0 aliphatic carbocycles.